The minimum Gasteiger partial charge on any atom is -0.319 e. The van der Waals surface area contributed by atoms with E-state index in [0.717, 1.165) is 30.8 Å². The van der Waals surface area contributed by atoms with Crippen LogP contribution in [0.1, 0.15) is 51.5 Å². The maximum atomic E-state index is 4.47. The van der Waals surface area contributed by atoms with Gasteiger partial charge in [0.2, 0.25) is 0 Å². The molecule has 0 radical (unpaired) electrons. The van der Waals surface area contributed by atoms with E-state index in [9.17, 15) is 0 Å². The number of nitrogens with zero attached hydrogens (tertiary/aromatic N) is 2. The van der Waals surface area contributed by atoms with Crippen LogP contribution in [-0.2, 0) is 6.54 Å². The molecule has 0 aromatic carbocycles. The van der Waals surface area contributed by atoms with Crippen molar-refractivity contribution in [3.05, 3.63) is 18.0 Å². The highest BCUT2D eigenvalue weighted by molar-refractivity contribution is 5.14. The average molecular weight is 263 g/mol. The second-order valence-corrected chi connectivity index (χ2v) is 6.37. The predicted octanol–water partition coefficient (Wildman–Crippen LogP) is 3.28. The molecule has 0 amide bonds. The normalized spacial score (nSPS) is 27.9. The SMILES string of the molecule is CCn1cc(C2CC(C(C)C)CCC2CNC)cn1. The van der Waals surface area contributed by atoms with Crippen LogP contribution in [0.2, 0.25) is 0 Å². The summed E-state index contributed by atoms with van der Waals surface area (Å²) in [6, 6.07) is 0. The third kappa shape index (κ3) is 3.38. The smallest absolute Gasteiger partial charge is 0.0524 e. The van der Waals surface area contributed by atoms with Crippen molar-refractivity contribution in [2.24, 2.45) is 17.8 Å². The zero-order valence-corrected chi connectivity index (χ0v) is 12.9. The second kappa shape index (κ2) is 6.56. The monoisotopic (exact) mass is 263 g/mol. The zero-order chi connectivity index (χ0) is 13.8. The number of aryl methyl sites for hydroxylation is 1. The number of hydrogen-bond donors (Lipinski definition) is 1. The van der Waals surface area contributed by atoms with Gasteiger partial charge in [0, 0.05) is 12.7 Å². The zero-order valence-electron chi connectivity index (χ0n) is 12.9. The van der Waals surface area contributed by atoms with Crippen molar-refractivity contribution in [2.75, 3.05) is 13.6 Å². The highest BCUT2D eigenvalue weighted by atomic mass is 15.3. The molecule has 0 saturated heterocycles. The summed E-state index contributed by atoms with van der Waals surface area (Å²) in [5.41, 5.74) is 1.45. The number of rotatable bonds is 5. The van der Waals surface area contributed by atoms with Crippen molar-refractivity contribution < 1.29 is 0 Å². The van der Waals surface area contributed by atoms with Crippen molar-refractivity contribution in [3.8, 4) is 0 Å². The van der Waals surface area contributed by atoms with E-state index < -0.39 is 0 Å². The summed E-state index contributed by atoms with van der Waals surface area (Å²) in [6.07, 6.45) is 8.43. The molecule has 1 heterocycles. The quantitative estimate of drug-likeness (QED) is 0.883. The molecule has 0 spiro atoms. The van der Waals surface area contributed by atoms with Gasteiger partial charge in [0.1, 0.15) is 0 Å². The van der Waals surface area contributed by atoms with Crippen molar-refractivity contribution in [2.45, 2.75) is 52.5 Å². The standard InChI is InChI=1S/C16H29N3/c1-5-19-11-15(10-18-19)16-8-13(12(2)3)6-7-14(16)9-17-4/h10-14,16-17H,5-9H2,1-4H3. The Morgan fingerprint density at radius 2 is 2.21 bits per heavy atom. The van der Waals surface area contributed by atoms with E-state index in [4.69, 9.17) is 0 Å². The van der Waals surface area contributed by atoms with E-state index in [1.165, 1.54) is 24.8 Å². The first kappa shape index (κ1) is 14.6. The predicted molar refractivity (Wildman–Crippen MR) is 80.2 cm³/mol. The Bertz CT molecular complexity index is 383. The largest absolute Gasteiger partial charge is 0.319 e. The van der Waals surface area contributed by atoms with E-state index >= 15 is 0 Å². The summed E-state index contributed by atoms with van der Waals surface area (Å²) < 4.78 is 2.06. The number of aromatic nitrogens is 2. The first-order valence-corrected chi connectivity index (χ1v) is 7.82. The summed E-state index contributed by atoms with van der Waals surface area (Å²) >= 11 is 0. The van der Waals surface area contributed by atoms with E-state index in [1.54, 1.807) is 0 Å². The van der Waals surface area contributed by atoms with E-state index in [0.29, 0.717) is 5.92 Å². The van der Waals surface area contributed by atoms with E-state index in [2.05, 4.69) is 55.3 Å². The molecular formula is C16H29N3. The molecule has 1 aliphatic rings. The Hall–Kier alpha value is -0.830. The third-order valence-electron chi connectivity index (χ3n) is 4.85. The third-order valence-corrected chi connectivity index (χ3v) is 4.85. The van der Waals surface area contributed by atoms with Gasteiger partial charge in [0.25, 0.3) is 0 Å². The molecular weight excluding hydrogens is 234 g/mol. The Balaban J connectivity index is 2.14. The lowest BCUT2D eigenvalue weighted by Gasteiger charge is -2.37. The van der Waals surface area contributed by atoms with Crippen LogP contribution in [-0.4, -0.2) is 23.4 Å². The molecule has 3 unspecified atom stereocenters. The molecule has 19 heavy (non-hydrogen) atoms. The Morgan fingerprint density at radius 3 is 2.79 bits per heavy atom. The summed E-state index contributed by atoms with van der Waals surface area (Å²) in [5, 5.41) is 7.85. The maximum absolute atomic E-state index is 4.47. The summed E-state index contributed by atoms with van der Waals surface area (Å²) in [6.45, 7) is 8.99. The van der Waals surface area contributed by atoms with Crippen molar-refractivity contribution in [1.29, 1.82) is 0 Å². The van der Waals surface area contributed by atoms with Gasteiger partial charge in [0.05, 0.1) is 6.20 Å². The maximum Gasteiger partial charge on any atom is 0.0524 e. The highest BCUT2D eigenvalue weighted by Gasteiger charge is 2.32. The topological polar surface area (TPSA) is 29.9 Å². The number of hydrogen-bond acceptors (Lipinski definition) is 2. The molecule has 2 rings (SSSR count). The molecule has 3 heteroatoms. The van der Waals surface area contributed by atoms with Crippen molar-refractivity contribution in [1.82, 2.24) is 15.1 Å². The van der Waals surface area contributed by atoms with Crippen molar-refractivity contribution in [3.63, 3.8) is 0 Å². The summed E-state index contributed by atoms with van der Waals surface area (Å²) in [4.78, 5) is 0. The van der Waals surface area contributed by atoms with Crippen LogP contribution in [0.25, 0.3) is 0 Å². The molecule has 3 nitrogen and oxygen atoms in total. The van der Waals surface area contributed by atoms with Crippen LogP contribution in [0.5, 0.6) is 0 Å². The van der Waals surface area contributed by atoms with Crippen LogP contribution in [0.4, 0.5) is 0 Å². The fraction of sp³-hybridized carbons (Fsp3) is 0.812. The first-order valence-electron chi connectivity index (χ1n) is 7.82. The molecule has 1 fully saturated rings. The molecule has 1 aromatic heterocycles. The van der Waals surface area contributed by atoms with Gasteiger partial charge in [-0.05, 0) is 69.0 Å². The molecule has 1 aromatic rings. The number of nitrogens with one attached hydrogen (secondary N) is 1. The lowest BCUT2D eigenvalue weighted by molar-refractivity contribution is 0.192. The lowest BCUT2D eigenvalue weighted by Crippen LogP contribution is -2.31. The van der Waals surface area contributed by atoms with Gasteiger partial charge < -0.3 is 5.32 Å². The Morgan fingerprint density at radius 1 is 1.42 bits per heavy atom. The molecule has 1 aliphatic carbocycles. The Kier molecular flexibility index (Phi) is 5.03. The van der Waals surface area contributed by atoms with Crippen LogP contribution in [0, 0.1) is 17.8 Å². The van der Waals surface area contributed by atoms with Gasteiger partial charge in [-0.1, -0.05) is 13.8 Å². The van der Waals surface area contributed by atoms with Crippen LogP contribution < -0.4 is 5.32 Å². The van der Waals surface area contributed by atoms with Gasteiger partial charge in [-0.2, -0.15) is 5.10 Å². The molecule has 1 N–H and O–H groups in total. The molecule has 0 aliphatic heterocycles. The van der Waals surface area contributed by atoms with Crippen LogP contribution >= 0.6 is 0 Å². The minimum atomic E-state index is 0.689. The average Bonchev–Trinajstić information content (AvgIpc) is 2.88. The summed E-state index contributed by atoms with van der Waals surface area (Å²) in [5.74, 6) is 3.14. The van der Waals surface area contributed by atoms with Crippen LogP contribution in [0.3, 0.4) is 0 Å². The molecule has 0 bridgehead atoms. The second-order valence-electron chi connectivity index (χ2n) is 6.37. The lowest BCUT2D eigenvalue weighted by atomic mass is 9.69. The molecule has 3 atom stereocenters. The van der Waals surface area contributed by atoms with Gasteiger partial charge in [0.15, 0.2) is 0 Å². The minimum absolute atomic E-state index is 0.689. The van der Waals surface area contributed by atoms with Gasteiger partial charge in [-0.3, -0.25) is 4.68 Å². The fourth-order valence-corrected chi connectivity index (χ4v) is 3.53. The van der Waals surface area contributed by atoms with E-state index in [1.807, 2.05) is 0 Å². The Labute approximate surface area is 117 Å². The van der Waals surface area contributed by atoms with Gasteiger partial charge in [-0.25, -0.2) is 0 Å². The van der Waals surface area contributed by atoms with Gasteiger partial charge in [-0.15, -0.1) is 0 Å². The van der Waals surface area contributed by atoms with Crippen molar-refractivity contribution >= 4 is 0 Å². The van der Waals surface area contributed by atoms with E-state index in [-0.39, 0.29) is 0 Å². The fourth-order valence-electron chi connectivity index (χ4n) is 3.53. The highest BCUT2D eigenvalue weighted by Crippen LogP contribution is 2.42. The molecule has 108 valence electrons. The van der Waals surface area contributed by atoms with Gasteiger partial charge >= 0.3 is 0 Å². The first-order chi connectivity index (χ1) is 9.15. The summed E-state index contributed by atoms with van der Waals surface area (Å²) in [7, 11) is 2.07. The van der Waals surface area contributed by atoms with Crippen LogP contribution in [0.15, 0.2) is 12.4 Å². The molecule has 1 saturated carbocycles.